The molecule has 156 valence electrons. The van der Waals surface area contributed by atoms with E-state index in [2.05, 4.69) is 10.4 Å². The van der Waals surface area contributed by atoms with Crippen LogP contribution < -0.4 is 5.32 Å². The largest absolute Gasteiger partial charge is 0.479 e. The molecular formula is C20H15F4N3O3. The van der Waals surface area contributed by atoms with Gasteiger partial charge in [-0.2, -0.15) is 18.3 Å². The van der Waals surface area contributed by atoms with Crippen molar-refractivity contribution in [2.45, 2.75) is 18.6 Å². The van der Waals surface area contributed by atoms with Crippen LogP contribution in [0.1, 0.15) is 28.5 Å². The molecule has 10 heteroatoms. The van der Waals surface area contributed by atoms with E-state index in [-0.39, 0.29) is 11.3 Å². The van der Waals surface area contributed by atoms with Gasteiger partial charge < -0.3 is 10.4 Å². The maximum Gasteiger partial charge on any atom is 0.434 e. The average Bonchev–Trinajstić information content (AvgIpc) is 3.15. The van der Waals surface area contributed by atoms with E-state index in [0.29, 0.717) is 10.9 Å². The molecule has 1 atom stereocenters. The van der Waals surface area contributed by atoms with Crippen molar-refractivity contribution in [3.05, 3.63) is 83.4 Å². The second kappa shape index (κ2) is 7.62. The number of rotatable bonds is 5. The first-order chi connectivity index (χ1) is 14.0. The first-order valence-corrected chi connectivity index (χ1v) is 8.56. The number of carbonyl (C=O) groups excluding carboxylic acids is 1. The van der Waals surface area contributed by atoms with Gasteiger partial charge in [-0.05, 0) is 36.8 Å². The number of benzene rings is 2. The van der Waals surface area contributed by atoms with Crippen molar-refractivity contribution < 1.29 is 32.3 Å². The third kappa shape index (κ3) is 3.88. The summed E-state index contributed by atoms with van der Waals surface area (Å²) in [5.41, 5.74) is -4.21. The highest BCUT2D eigenvalue weighted by Crippen LogP contribution is 2.34. The normalized spacial score (nSPS) is 13.5. The minimum absolute atomic E-state index is 0.119. The quantitative estimate of drug-likeness (QED) is 0.615. The zero-order chi connectivity index (χ0) is 22.1. The molecule has 0 saturated carbocycles. The Kier molecular flexibility index (Phi) is 5.34. The number of aliphatic carboxylic acids is 1. The van der Waals surface area contributed by atoms with Crippen molar-refractivity contribution in [1.29, 1.82) is 0 Å². The van der Waals surface area contributed by atoms with Gasteiger partial charge in [-0.15, -0.1) is 0 Å². The first kappa shape index (κ1) is 21.0. The number of hydrogen-bond donors (Lipinski definition) is 2. The van der Waals surface area contributed by atoms with E-state index < -0.39 is 40.7 Å². The summed E-state index contributed by atoms with van der Waals surface area (Å²) in [5.74, 6) is -3.39. The second-order valence-corrected chi connectivity index (χ2v) is 6.54. The summed E-state index contributed by atoms with van der Waals surface area (Å²) in [5, 5.41) is 15.4. The topological polar surface area (TPSA) is 84.2 Å². The lowest BCUT2D eigenvalue weighted by Gasteiger charge is -2.27. The smallest absolute Gasteiger partial charge is 0.434 e. The Balaban J connectivity index is 2.06. The van der Waals surface area contributed by atoms with E-state index in [1.165, 1.54) is 31.2 Å². The van der Waals surface area contributed by atoms with Gasteiger partial charge in [-0.25, -0.2) is 13.9 Å². The lowest BCUT2D eigenvalue weighted by molar-refractivity contribution is -0.144. The molecule has 0 bridgehead atoms. The van der Waals surface area contributed by atoms with Crippen molar-refractivity contribution in [3.8, 4) is 5.69 Å². The van der Waals surface area contributed by atoms with E-state index >= 15 is 0 Å². The first-order valence-electron chi connectivity index (χ1n) is 8.56. The van der Waals surface area contributed by atoms with Crippen LogP contribution in [0.2, 0.25) is 0 Å². The molecule has 2 aromatic carbocycles. The number of carboxylic acids is 1. The van der Waals surface area contributed by atoms with Gasteiger partial charge in [-0.3, -0.25) is 4.79 Å². The summed E-state index contributed by atoms with van der Waals surface area (Å²) in [4.78, 5) is 24.6. The fraction of sp³-hybridized carbons (Fsp3) is 0.150. The Hall–Kier alpha value is -3.69. The number of aromatic nitrogens is 2. The summed E-state index contributed by atoms with van der Waals surface area (Å²) in [6.45, 7) is 1.17. The summed E-state index contributed by atoms with van der Waals surface area (Å²) in [6, 6.07) is 11.6. The van der Waals surface area contributed by atoms with E-state index in [4.69, 9.17) is 0 Å². The van der Waals surface area contributed by atoms with Gasteiger partial charge in [0.25, 0.3) is 5.91 Å². The SMILES string of the molecule is CC(NC(=O)c1cnn(-c2ccc(F)cc2)c1C(F)(F)F)(C(=O)O)c1ccccc1. The molecule has 2 N–H and O–H groups in total. The van der Waals surface area contributed by atoms with Crippen LogP contribution in [0.25, 0.3) is 5.69 Å². The van der Waals surface area contributed by atoms with Crippen molar-refractivity contribution in [2.24, 2.45) is 0 Å². The number of amides is 1. The summed E-state index contributed by atoms with van der Waals surface area (Å²) in [6.07, 6.45) is -4.31. The number of alkyl halides is 3. The van der Waals surface area contributed by atoms with Crippen molar-refractivity contribution in [3.63, 3.8) is 0 Å². The molecule has 1 amide bonds. The molecule has 0 spiro atoms. The van der Waals surface area contributed by atoms with E-state index in [0.717, 1.165) is 24.3 Å². The molecule has 0 aliphatic carbocycles. The summed E-state index contributed by atoms with van der Waals surface area (Å²) < 4.78 is 54.8. The van der Waals surface area contributed by atoms with Gasteiger partial charge in [0.05, 0.1) is 17.4 Å². The van der Waals surface area contributed by atoms with Gasteiger partial charge in [0.2, 0.25) is 0 Å². The molecule has 0 saturated heterocycles. The lowest BCUT2D eigenvalue weighted by atomic mass is 9.91. The fourth-order valence-corrected chi connectivity index (χ4v) is 2.88. The third-order valence-corrected chi connectivity index (χ3v) is 4.50. The zero-order valence-electron chi connectivity index (χ0n) is 15.4. The predicted octanol–water partition coefficient (Wildman–Crippen LogP) is 3.76. The number of nitrogens with one attached hydrogen (secondary N) is 1. The molecule has 6 nitrogen and oxygen atoms in total. The Morgan fingerprint density at radius 2 is 1.63 bits per heavy atom. The number of hydrogen-bond acceptors (Lipinski definition) is 3. The molecular weight excluding hydrogens is 406 g/mol. The highest BCUT2D eigenvalue weighted by molar-refractivity contribution is 5.99. The Bertz CT molecular complexity index is 1080. The Morgan fingerprint density at radius 1 is 1.03 bits per heavy atom. The van der Waals surface area contributed by atoms with Crippen LogP contribution in [0.5, 0.6) is 0 Å². The van der Waals surface area contributed by atoms with Crippen LogP contribution in [0.3, 0.4) is 0 Å². The summed E-state index contributed by atoms with van der Waals surface area (Å²) in [7, 11) is 0. The number of halogens is 4. The van der Waals surface area contributed by atoms with Crippen LogP contribution in [0.4, 0.5) is 17.6 Å². The van der Waals surface area contributed by atoms with Crippen LogP contribution in [-0.4, -0.2) is 26.8 Å². The van der Waals surface area contributed by atoms with Crippen molar-refractivity contribution in [1.82, 2.24) is 15.1 Å². The van der Waals surface area contributed by atoms with E-state index in [9.17, 15) is 32.3 Å². The van der Waals surface area contributed by atoms with Crippen LogP contribution in [-0.2, 0) is 16.5 Å². The van der Waals surface area contributed by atoms with Crippen molar-refractivity contribution in [2.75, 3.05) is 0 Å². The highest BCUT2D eigenvalue weighted by Gasteiger charge is 2.43. The maximum absolute atomic E-state index is 13.8. The average molecular weight is 421 g/mol. The van der Waals surface area contributed by atoms with Gasteiger partial charge >= 0.3 is 12.1 Å². The Morgan fingerprint density at radius 3 is 2.17 bits per heavy atom. The number of carbonyl (C=O) groups is 2. The molecule has 0 radical (unpaired) electrons. The van der Waals surface area contributed by atoms with E-state index in [1.807, 2.05) is 0 Å². The van der Waals surface area contributed by atoms with Crippen LogP contribution >= 0.6 is 0 Å². The van der Waals surface area contributed by atoms with Gasteiger partial charge in [0.1, 0.15) is 5.82 Å². The lowest BCUT2D eigenvalue weighted by Crippen LogP contribution is -2.49. The van der Waals surface area contributed by atoms with Gasteiger partial charge in [0.15, 0.2) is 11.2 Å². The zero-order valence-corrected chi connectivity index (χ0v) is 15.4. The molecule has 0 aliphatic rings. The third-order valence-electron chi connectivity index (χ3n) is 4.50. The van der Waals surface area contributed by atoms with Crippen LogP contribution in [0.15, 0.2) is 60.8 Å². The number of carboxylic acid groups (broad SMARTS) is 1. The Labute approximate surface area is 167 Å². The molecule has 1 unspecified atom stereocenters. The minimum Gasteiger partial charge on any atom is -0.479 e. The van der Waals surface area contributed by atoms with Gasteiger partial charge in [-0.1, -0.05) is 30.3 Å². The molecule has 3 aromatic rings. The van der Waals surface area contributed by atoms with Gasteiger partial charge in [0, 0.05) is 0 Å². The highest BCUT2D eigenvalue weighted by atomic mass is 19.4. The molecule has 3 rings (SSSR count). The van der Waals surface area contributed by atoms with Crippen LogP contribution in [0, 0.1) is 5.82 Å². The molecule has 30 heavy (non-hydrogen) atoms. The molecule has 1 aromatic heterocycles. The molecule has 0 fully saturated rings. The van der Waals surface area contributed by atoms with E-state index in [1.54, 1.807) is 6.07 Å². The monoisotopic (exact) mass is 421 g/mol. The fourth-order valence-electron chi connectivity index (χ4n) is 2.88. The number of nitrogens with zero attached hydrogens (tertiary/aromatic N) is 2. The second-order valence-electron chi connectivity index (χ2n) is 6.54. The molecule has 1 heterocycles. The summed E-state index contributed by atoms with van der Waals surface area (Å²) >= 11 is 0. The maximum atomic E-state index is 13.8. The molecule has 0 aliphatic heterocycles. The standard InChI is InChI=1S/C20H15F4N3O3/c1-19(18(29)30,12-5-3-2-4-6-12)26-17(28)15-11-25-27(16(15)20(22,23)24)14-9-7-13(21)8-10-14/h2-11H,1H3,(H,26,28)(H,29,30). The van der Waals surface area contributed by atoms with Crippen molar-refractivity contribution >= 4 is 11.9 Å². The predicted molar refractivity (Wildman–Crippen MR) is 97.4 cm³/mol. The minimum atomic E-state index is -5.00.